The number of carbonyl (C=O) groups is 1. The largest absolute Gasteiger partial charge is 0.282 e. The minimum atomic E-state index is 0.163. The van der Waals surface area contributed by atoms with E-state index in [-0.39, 0.29) is 9.86 Å². The first-order valence-corrected chi connectivity index (χ1v) is 6.74. The third-order valence-electron chi connectivity index (χ3n) is 3.10. The fourth-order valence-corrected chi connectivity index (χ4v) is 3.18. The summed E-state index contributed by atoms with van der Waals surface area (Å²) in [6, 6.07) is 0. The van der Waals surface area contributed by atoms with Crippen LogP contribution in [0.5, 0.6) is 0 Å². The van der Waals surface area contributed by atoms with Gasteiger partial charge in [0.15, 0.2) is 0 Å². The molecule has 0 spiro atoms. The first-order valence-electron chi connectivity index (χ1n) is 5.92. The molecule has 0 aliphatic heterocycles. The quantitative estimate of drug-likeness (QED) is 0.652. The van der Waals surface area contributed by atoms with Gasteiger partial charge in [0.05, 0.1) is 0 Å². The smallest absolute Gasteiger partial charge is 0.214 e. The molecule has 15 heavy (non-hydrogen) atoms. The van der Waals surface area contributed by atoms with Crippen molar-refractivity contribution >= 4 is 16.9 Å². The van der Waals surface area contributed by atoms with E-state index in [1.54, 1.807) is 0 Å². The van der Waals surface area contributed by atoms with Gasteiger partial charge in [-0.1, -0.05) is 50.4 Å². The van der Waals surface area contributed by atoms with Gasteiger partial charge in [0.1, 0.15) is 0 Å². The summed E-state index contributed by atoms with van der Waals surface area (Å²) >= 11 is 1.52. The van der Waals surface area contributed by atoms with Crippen LogP contribution >= 0.6 is 11.8 Å². The highest BCUT2D eigenvalue weighted by atomic mass is 32.2. The normalized spacial score (nSPS) is 21.5. The lowest BCUT2D eigenvalue weighted by Crippen LogP contribution is -2.23. The summed E-state index contributed by atoms with van der Waals surface area (Å²) < 4.78 is 0.163. The molecular formula is C13H22OS. The van der Waals surface area contributed by atoms with Gasteiger partial charge in [0.2, 0.25) is 5.12 Å². The lowest BCUT2D eigenvalue weighted by Gasteiger charge is -2.30. The topological polar surface area (TPSA) is 17.1 Å². The average Bonchev–Trinajstić information content (AvgIpc) is 2.12. The van der Waals surface area contributed by atoms with Crippen LogP contribution < -0.4 is 0 Å². The van der Waals surface area contributed by atoms with E-state index in [0.717, 1.165) is 0 Å². The van der Waals surface area contributed by atoms with Crippen molar-refractivity contribution in [2.75, 3.05) is 0 Å². The molecule has 0 radical (unpaired) electrons. The van der Waals surface area contributed by atoms with E-state index in [1.165, 1.54) is 56.7 Å². The maximum atomic E-state index is 11.7. The van der Waals surface area contributed by atoms with Crippen LogP contribution in [0.4, 0.5) is 0 Å². The van der Waals surface area contributed by atoms with Crippen LogP contribution in [0, 0.1) is 0 Å². The summed E-state index contributed by atoms with van der Waals surface area (Å²) in [5.41, 5.74) is 0.684. The first kappa shape index (κ1) is 12.8. The second kappa shape index (κ2) is 5.74. The van der Waals surface area contributed by atoms with E-state index in [1.807, 2.05) is 6.92 Å². The molecule has 1 nitrogen and oxygen atoms in total. The predicted molar refractivity (Wildman–Crippen MR) is 68.1 cm³/mol. The van der Waals surface area contributed by atoms with Gasteiger partial charge in [-0.15, -0.1) is 0 Å². The monoisotopic (exact) mass is 226 g/mol. The van der Waals surface area contributed by atoms with E-state index in [9.17, 15) is 4.79 Å². The Labute approximate surface area is 97.7 Å². The van der Waals surface area contributed by atoms with E-state index in [4.69, 9.17) is 0 Å². The molecule has 1 rings (SSSR count). The molecule has 0 aromatic heterocycles. The number of rotatable bonds is 2. The molecule has 0 saturated heterocycles. The maximum Gasteiger partial charge on any atom is 0.214 e. The van der Waals surface area contributed by atoms with Gasteiger partial charge in [-0.05, 0) is 32.3 Å². The van der Waals surface area contributed by atoms with Crippen molar-refractivity contribution in [3.63, 3.8) is 0 Å². The molecular weight excluding hydrogens is 204 g/mol. The zero-order valence-corrected chi connectivity index (χ0v) is 10.8. The Morgan fingerprint density at radius 2 is 1.60 bits per heavy atom. The summed E-state index contributed by atoms with van der Waals surface area (Å²) in [7, 11) is 0. The van der Waals surface area contributed by atoms with Crippen molar-refractivity contribution in [3.05, 3.63) is 12.2 Å². The van der Waals surface area contributed by atoms with Crippen LogP contribution in [0.15, 0.2) is 12.2 Å². The van der Waals surface area contributed by atoms with Crippen LogP contribution in [0.25, 0.3) is 0 Å². The summed E-state index contributed by atoms with van der Waals surface area (Å²) in [6.45, 7) is 7.77. The van der Waals surface area contributed by atoms with E-state index >= 15 is 0 Å². The Kier molecular flexibility index (Phi) is 4.91. The third kappa shape index (κ3) is 4.42. The SMILES string of the molecule is C=C(C)C(=O)SC1(C)CCCCCCC1. The van der Waals surface area contributed by atoms with Crippen molar-refractivity contribution in [3.8, 4) is 0 Å². The molecule has 0 aromatic rings. The van der Waals surface area contributed by atoms with Crippen LogP contribution in [-0.4, -0.2) is 9.86 Å². The average molecular weight is 226 g/mol. The van der Waals surface area contributed by atoms with Crippen LogP contribution in [0.3, 0.4) is 0 Å². The number of carbonyl (C=O) groups excluding carboxylic acids is 1. The van der Waals surface area contributed by atoms with Crippen LogP contribution in [-0.2, 0) is 4.79 Å². The highest BCUT2D eigenvalue weighted by Gasteiger charge is 2.28. The van der Waals surface area contributed by atoms with Crippen molar-refractivity contribution < 1.29 is 4.79 Å². The molecule has 1 fully saturated rings. The summed E-state index contributed by atoms with van der Waals surface area (Å²) in [5.74, 6) is 0. The van der Waals surface area contributed by atoms with E-state index in [2.05, 4.69) is 13.5 Å². The molecule has 1 aliphatic rings. The van der Waals surface area contributed by atoms with Crippen molar-refractivity contribution in [2.45, 2.75) is 63.5 Å². The minimum absolute atomic E-state index is 0.163. The number of hydrogen-bond donors (Lipinski definition) is 0. The first-order chi connectivity index (χ1) is 7.03. The lowest BCUT2D eigenvalue weighted by atomic mass is 9.92. The van der Waals surface area contributed by atoms with Crippen molar-refractivity contribution in [2.24, 2.45) is 0 Å². The molecule has 1 saturated carbocycles. The van der Waals surface area contributed by atoms with E-state index in [0.29, 0.717) is 5.57 Å². The van der Waals surface area contributed by atoms with Crippen molar-refractivity contribution in [1.29, 1.82) is 0 Å². The second-order valence-electron chi connectivity index (χ2n) is 4.89. The van der Waals surface area contributed by atoms with Gasteiger partial charge in [-0.2, -0.15) is 0 Å². The lowest BCUT2D eigenvalue weighted by molar-refractivity contribution is -0.107. The Morgan fingerprint density at radius 1 is 1.13 bits per heavy atom. The maximum absolute atomic E-state index is 11.7. The predicted octanol–water partition coefficient (Wildman–Crippen LogP) is 4.33. The zero-order valence-electron chi connectivity index (χ0n) is 9.97. The minimum Gasteiger partial charge on any atom is -0.282 e. The van der Waals surface area contributed by atoms with Gasteiger partial charge in [0, 0.05) is 4.75 Å². The Bertz CT molecular complexity index is 237. The highest BCUT2D eigenvalue weighted by molar-refractivity contribution is 8.15. The molecule has 0 heterocycles. The molecule has 86 valence electrons. The van der Waals surface area contributed by atoms with Crippen LogP contribution in [0.2, 0.25) is 0 Å². The Hall–Kier alpha value is -0.240. The third-order valence-corrected chi connectivity index (χ3v) is 4.53. The fourth-order valence-electron chi connectivity index (χ4n) is 2.07. The Morgan fingerprint density at radius 3 is 2.07 bits per heavy atom. The summed E-state index contributed by atoms with van der Waals surface area (Å²) in [4.78, 5) is 11.7. The second-order valence-corrected chi connectivity index (χ2v) is 6.45. The molecule has 0 N–H and O–H groups in total. The van der Waals surface area contributed by atoms with Gasteiger partial charge < -0.3 is 0 Å². The summed E-state index contributed by atoms with van der Waals surface area (Å²) in [6.07, 6.45) is 8.93. The van der Waals surface area contributed by atoms with Crippen LogP contribution in [0.1, 0.15) is 58.8 Å². The highest BCUT2D eigenvalue weighted by Crippen LogP contribution is 2.38. The van der Waals surface area contributed by atoms with Crippen molar-refractivity contribution in [1.82, 2.24) is 0 Å². The molecule has 0 amide bonds. The molecule has 0 aromatic carbocycles. The molecule has 0 unspecified atom stereocenters. The van der Waals surface area contributed by atoms with E-state index < -0.39 is 0 Å². The van der Waals surface area contributed by atoms with Gasteiger partial charge >= 0.3 is 0 Å². The fraction of sp³-hybridized carbons (Fsp3) is 0.769. The van der Waals surface area contributed by atoms with Gasteiger partial charge in [-0.25, -0.2) is 0 Å². The number of hydrogen-bond acceptors (Lipinski definition) is 2. The Balaban J connectivity index is 2.53. The molecule has 1 aliphatic carbocycles. The van der Waals surface area contributed by atoms with Gasteiger partial charge in [-0.3, -0.25) is 4.79 Å². The molecule has 0 bridgehead atoms. The molecule has 2 heteroatoms. The molecule has 0 atom stereocenters. The van der Waals surface area contributed by atoms with Gasteiger partial charge in [0.25, 0.3) is 0 Å². The summed E-state index contributed by atoms with van der Waals surface area (Å²) in [5, 5.41) is 0.179. The number of thioether (sulfide) groups is 1. The standard InChI is InChI=1S/C13H22OS/c1-11(2)12(14)15-13(3)9-7-5-4-6-8-10-13/h1,4-10H2,2-3H3. The zero-order chi connectivity index (χ0) is 11.3.